The van der Waals surface area contributed by atoms with Crippen molar-refractivity contribution >= 4 is 34.3 Å². The molecule has 3 N–H and O–H groups in total. The Morgan fingerprint density at radius 2 is 2.15 bits per heavy atom. The second-order valence-corrected chi connectivity index (χ2v) is 6.86. The lowest BCUT2D eigenvalue weighted by Gasteiger charge is -2.26. The van der Waals surface area contributed by atoms with E-state index in [1.807, 2.05) is 29.8 Å². The van der Waals surface area contributed by atoms with E-state index in [0.717, 1.165) is 16.5 Å². The van der Waals surface area contributed by atoms with Gasteiger partial charge >= 0.3 is 0 Å². The summed E-state index contributed by atoms with van der Waals surface area (Å²) in [5, 5.41) is 4.58. The molecule has 3 aromatic rings. The number of nitrogens with zero attached hydrogens (tertiary/aromatic N) is 2. The molecule has 1 aliphatic rings. The van der Waals surface area contributed by atoms with E-state index >= 15 is 0 Å². The average Bonchev–Trinajstić information content (AvgIpc) is 2.98. The van der Waals surface area contributed by atoms with Crippen LogP contribution >= 0.6 is 11.6 Å². The first-order chi connectivity index (χ1) is 12.9. The van der Waals surface area contributed by atoms with Crippen LogP contribution in [0.2, 0.25) is 5.02 Å². The Morgan fingerprint density at radius 3 is 2.93 bits per heavy atom. The van der Waals surface area contributed by atoms with Crippen molar-refractivity contribution < 1.29 is 14.3 Å². The molecule has 0 aliphatic carbocycles. The second kappa shape index (κ2) is 6.59. The Labute approximate surface area is 160 Å². The van der Waals surface area contributed by atoms with Gasteiger partial charge in [0.05, 0.1) is 12.6 Å². The third kappa shape index (κ3) is 3.10. The van der Waals surface area contributed by atoms with Gasteiger partial charge in [-0.1, -0.05) is 17.7 Å². The predicted molar refractivity (Wildman–Crippen MR) is 101 cm³/mol. The number of benzene rings is 1. The zero-order chi connectivity index (χ0) is 19.1. The summed E-state index contributed by atoms with van der Waals surface area (Å²) in [5.41, 5.74) is 7.53. The monoisotopic (exact) mass is 384 g/mol. The molecule has 0 saturated heterocycles. The van der Waals surface area contributed by atoms with Crippen molar-refractivity contribution in [2.75, 3.05) is 6.61 Å². The van der Waals surface area contributed by atoms with Crippen LogP contribution in [0.1, 0.15) is 39.0 Å². The van der Waals surface area contributed by atoms with Crippen molar-refractivity contribution in [1.29, 1.82) is 0 Å². The summed E-state index contributed by atoms with van der Waals surface area (Å²) in [7, 11) is 1.83. The lowest BCUT2D eigenvalue weighted by Crippen LogP contribution is -2.33. The molecule has 0 fully saturated rings. The SMILES string of the molecule is Cn1c(C(=O)N[C@@H]2CCOc3cc(C(N)=O)ncc32)cc2ccc(Cl)cc21. The third-order valence-electron chi connectivity index (χ3n) is 4.73. The smallest absolute Gasteiger partial charge is 0.268 e. The number of nitrogens with one attached hydrogen (secondary N) is 1. The van der Waals surface area contributed by atoms with E-state index < -0.39 is 5.91 Å². The number of rotatable bonds is 3. The Balaban J connectivity index is 1.63. The second-order valence-electron chi connectivity index (χ2n) is 6.43. The van der Waals surface area contributed by atoms with Crippen molar-refractivity contribution in [3.63, 3.8) is 0 Å². The molecule has 0 spiro atoms. The highest BCUT2D eigenvalue weighted by Gasteiger charge is 2.26. The molecule has 0 saturated carbocycles. The molecule has 0 bridgehead atoms. The first-order valence-corrected chi connectivity index (χ1v) is 8.80. The summed E-state index contributed by atoms with van der Waals surface area (Å²) in [6, 6.07) is 8.57. The molecule has 0 unspecified atom stereocenters. The normalized spacial score (nSPS) is 15.9. The maximum Gasteiger partial charge on any atom is 0.268 e. The highest BCUT2D eigenvalue weighted by atomic mass is 35.5. The molecule has 27 heavy (non-hydrogen) atoms. The van der Waals surface area contributed by atoms with Crippen LogP contribution in [0.3, 0.4) is 0 Å². The van der Waals surface area contributed by atoms with Crippen molar-refractivity contribution in [1.82, 2.24) is 14.9 Å². The number of nitrogens with two attached hydrogens (primary N) is 1. The quantitative estimate of drug-likeness (QED) is 0.724. The number of aromatic nitrogens is 2. The number of pyridine rings is 1. The summed E-state index contributed by atoms with van der Waals surface area (Å²) in [6.07, 6.45) is 2.13. The maximum absolute atomic E-state index is 12.9. The van der Waals surface area contributed by atoms with Crippen molar-refractivity contribution in [2.24, 2.45) is 12.8 Å². The van der Waals surface area contributed by atoms with Crippen LogP contribution in [-0.2, 0) is 7.05 Å². The van der Waals surface area contributed by atoms with Gasteiger partial charge in [-0.3, -0.25) is 14.6 Å². The van der Waals surface area contributed by atoms with Crippen molar-refractivity contribution in [3.8, 4) is 5.75 Å². The van der Waals surface area contributed by atoms with Gasteiger partial charge in [0.2, 0.25) is 0 Å². The van der Waals surface area contributed by atoms with Gasteiger partial charge in [-0.05, 0) is 18.2 Å². The van der Waals surface area contributed by atoms with Gasteiger partial charge in [-0.25, -0.2) is 0 Å². The Bertz CT molecular complexity index is 1080. The van der Waals surface area contributed by atoms with Crippen molar-refractivity contribution in [2.45, 2.75) is 12.5 Å². The fraction of sp³-hybridized carbons (Fsp3) is 0.211. The number of carbonyl (C=O) groups excluding carboxylic acids is 2. The number of fused-ring (bicyclic) bond motifs is 2. The van der Waals surface area contributed by atoms with Crippen LogP contribution < -0.4 is 15.8 Å². The first kappa shape index (κ1) is 17.4. The van der Waals surface area contributed by atoms with Crippen LogP contribution in [-0.4, -0.2) is 28.0 Å². The number of halogens is 1. The topological polar surface area (TPSA) is 99.2 Å². The maximum atomic E-state index is 12.9. The summed E-state index contributed by atoms with van der Waals surface area (Å²) in [4.78, 5) is 28.2. The molecule has 0 radical (unpaired) electrons. The minimum Gasteiger partial charge on any atom is -0.493 e. The largest absolute Gasteiger partial charge is 0.493 e. The van der Waals surface area contributed by atoms with Gasteiger partial charge in [-0.2, -0.15) is 0 Å². The fourth-order valence-electron chi connectivity index (χ4n) is 3.31. The van der Waals surface area contributed by atoms with Crippen LogP contribution in [0.5, 0.6) is 5.75 Å². The number of hydrogen-bond acceptors (Lipinski definition) is 4. The molecular weight excluding hydrogens is 368 g/mol. The number of aryl methyl sites for hydroxylation is 1. The number of ether oxygens (including phenoxy) is 1. The number of carbonyl (C=O) groups is 2. The third-order valence-corrected chi connectivity index (χ3v) is 4.97. The summed E-state index contributed by atoms with van der Waals surface area (Å²) >= 11 is 6.06. The van der Waals surface area contributed by atoms with Gasteiger partial charge in [0.15, 0.2) is 0 Å². The molecule has 1 aromatic carbocycles. The fourth-order valence-corrected chi connectivity index (χ4v) is 3.48. The van der Waals surface area contributed by atoms with Crippen molar-refractivity contribution in [3.05, 3.63) is 58.5 Å². The van der Waals surface area contributed by atoms with Crippen LogP contribution in [0.4, 0.5) is 0 Å². The molecule has 8 heteroatoms. The van der Waals surface area contributed by atoms with Gasteiger partial charge < -0.3 is 20.4 Å². The number of amides is 2. The summed E-state index contributed by atoms with van der Waals surface area (Å²) in [5.74, 6) is -0.317. The number of hydrogen-bond donors (Lipinski definition) is 2. The summed E-state index contributed by atoms with van der Waals surface area (Å²) in [6.45, 7) is 0.422. The molecule has 2 amide bonds. The Morgan fingerprint density at radius 1 is 1.33 bits per heavy atom. The highest BCUT2D eigenvalue weighted by molar-refractivity contribution is 6.31. The van der Waals surface area contributed by atoms with Gasteiger partial charge in [-0.15, -0.1) is 0 Å². The molecule has 7 nitrogen and oxygen atoms in total. The zero-order valence-corrected chi connectivity index (χ0v) is 15.3. The molecule has 2 aromatic heterocycles. The van der Waals surface area contributed by atoms with Crippen LogP contribution in [0, 0.1) is 0 Å². The molecule has 138 valence electrons. The number of primary amides is 1. The Hall–Kier alpha value is -3.06. The summed E-state index contributed by atoms with van der Waals surface area (Å²) < 4.78 is 7.41. The first-order valence-electron chi connectivity index (χ1n) is 8.42. The lowest BCUT2D eigenvalue weighted by atomic mass is 10.0. The Kier molecular flexibility index (Phi) is 4.24. The molecule has 1 atom stereocenters. The van der Waals surface area contributed by atoms with Crippen LogP contribution in [0.15, 0.2) is 36.5 Å². The average molecular weight is 385 g/mol. The zero-order valence-electron chi connectivity index (χ0n) is 14.5. The van der Waals surface area contributed by atoms with E-state index in [9.17, 15) is 9.59 Å². The van der Waals surface area contributed by atoms with E-state index in [1.54, 1.807) is 6.07 Å². The van der Waals surface area contributed by atoms with E-state index in [2.05, 4.69) is 10.3 Å². The predicted octanol–water partition coefficient (Wildman–Crippen LogP) is 2.58. The lowest BCUT2D eigenvalue weighted by molar-refractivity contribution is 0.0914. The minimum atomic E-state index is -0.623. The van der Waals surface area contributed by atoms with Gasteiger partial charge in [0.25, 0.3) is 11.8 Å². The molecule has 1 aliphatic heterocycles. The van der Waals surface area contributed by atoms with E-state index in [4.69, 9.17) is 22.1 Å². The molecule has 3 heterocycles. The van der Waals surface area contributed by atoms with Gasteiger partial charge in [0, 0.05) is 47.2 Å². The highest BCUT2D eigenvalue weighted by Crippen LogP contribution is 2.32. The van der Waals surface area contributed by atoms with E-state index in [0.29, 0.717) is 29.5 Å². The molecule has 4 rings (SSSR count). The van der Waals surface area contributed by atoms with E-state index in [-0.39, 0.29) is 17.6 Å². The standard InChI is InChI=1S/C19H17ClN4O3/c1-24-15-7-11(20)3-2-10(15)6-16(24)19(26)23-13-4-5-27-17-8-14(18(21)25)22-9-12(13)17/h2-3,6-9,13H,4-5H2,1H3,(H2,21,25)(H,23,26)/t13-/m1/s1. The van der Waals surface area contributed by atoms with E-state index in [1.165, 1.54) is 12.3 Å². The van der Waals surface area contributed by atoms with Gasteiger partial charge in [0.1, 0.15) is 17.1 Å². The van der Waals surface area contributed by atoms with Crippen LogP contribution in [0.25, 0.3) is 10.9 Å². The minimum absolute atomic E-state index is 0.131. The molecular formula is C19H17ClN4O3.